The van der Waals surface area contributed by atoms with Crippen molar-refractivity contribution in [1.29, 1.82) is 0 Å². The standard InChI is InChI=1S/C16H22F2N2O2/c1-10(11-4-3-5-19-9-11)6-16(21)20-14-7-13(18)15(22-2)8-12(14)17/h7-8,10-11,19H,3-6,9H2,1-2H3,(H,20,21). The number of benzene rings is 1. The number of carbonyl (C=O) groups is 1. The Kier molecular flexibility index (Phi) is 5.71. The lowest BCUT2D eigenvalue weighted by Crippen LogP contribution is -2.34. The van der Waals surface area contributed by atoms with Gasteiger partial charge in [0.1, 0.15) is 0 Å². The maximum atomic E-state index is 13.8. The molecule has 1 aliphatic heterocycles. The molecule has 1 aromatic carbocycles. The maximum Gasteiger partial charge on any atom is 0.224 e. The summed E-state index contributed by atoms with van der Waals surface area (Å²) >= 11 is 0. The fourth-order valence-electron chi connectivity index (χ4n) is 2.81. The van der Waals surface area contributed by atoms with Gasteiger partial charge in [-0.2, -0.15) is 0 Å². The van der Waals surface area contributed by atoms with E-state index in [1.165, 1.54) is 7.11 Å². The molecule has 1 heterocycles. The van der Waals surface area contributed by atoms with Crippen LogP contribution in [-0.4, -0.2) is 26.1 Å². The summed E-state index contributed by atoms with van der Waals surface area (Å²) in [6.45, 7) is 3.94. The third-order valence-electron chi connectivity index (χ3n) is 4.16. The Hall–Kier alpha value is -1.69. The summed E-state index contributed by atoms with van der Waals surface area (Å²) in [6, 6.07) is 1.87. The summed E-state index contributed by atoms with van der Waals surface area (Å²) < 4.78 is 32.1. The first-order valence-electron chi connectivity index (χ1n) is 7.55. The minimum atomic E-state index is -0.710. The largest absolute Gasteiger partial charge is 0.494 e. The Morgan fingerprint density at radius 3 is 2.86 bits per heavy atom. The van der Waals surface area contributed by atoms with Crippen LogP contribution in [0, 0.1) is 23.5 Å². The first-order chi connectivity index (χ1) is 10.5. The highest BCUT2D eigenvalue weighted by atomic mass is 19.1. The van der Waals surface area contributed by atoms with Crippen LogP contribution in [0.25, 0.3) is 0 Å². The van der Waals surface area contributed by atoms with Gasteiger partial charge in [0.05, 0.1) is 12.8 Å². The van der Waals surface area contributed by atoms with E-state index in [4.69, 9.17) is 4.74 Å². The molecule has 1 amide bonds. The molecule has 122 valence electrons. The normalized spacial score (nSPS) is 19.5. The molecular formula is C16H22F2N2O2. The Balaban J connectivity index is 1.95. The number of hydrogen-bond acceptors (Lipinski definition) is 3. The Labute approximate surface area is 129 Å². The van der Waals surface area contributed by atoms with Crippen LogP contribution >= 0.6 is 0 Å². The van der Waals surface area contributed by atoms with E-state index in [9.17, 15) is 13.6 Å². The molecule has 22 heavy (non-hydrogen) atoms. The summed E-state index contributed by atoms with van der Waals surface area (Å²) in [5.74, 6) is -1.27. The van der Waals surface area contributed by atoms with Crippen LogP contribution in [0.2, 0.25) is 0 Å². The monoisotopic (exact) mass is 312 g/mol. The van der Waals surface area contributed by atoms with Crippen LogP contribution in [0.15, 0.2) is 12.1 Å². The van der Waals surface area contributed by atoms with Crippen LogP contribution in [-0.2, 0) is 4.79 Å². The van der Waals surface area contributed by atoms with Crippen molar-refractivity contribution in [3.8, 4) is 5.75 Å². The van der Waals surface area contributed by atoms with E-state index in [0.717, 1.165) is 38.1 Å². The van der Waals surface area contributed by atoms with E-state index in [-0.39, 0.29) is 23.3 Å². The van der Waals surface area contributed by atoms with E-state index in [1.807, 2.05) is 6.92 Å². The van der Waals surface area contributed by atoms with E-state index in [1.54, 1.807) is 0 Å². The molecule has 0 aromatic heterocycles. The molecular weight excluding hydrogens is 290 g/mol. The van der Waals surface area contributed by atoms with Gasteiger partial charge >= 0.3 is 0 Å². The third-order valence-corrected chi connectivity index (χ3v) is 4.16. The van der Waals surface area contributed by atoms with Crippen LogP contribution < -0.4 is 15.4 Å². The van der Waals surface area contributed by atoms with Crippen molar-refractivity contribution >= 4 is 11.6 Å². The zero-order valence-electron chi connectivity index (χ0n) is 12.9. The van der Waals surface area contributed by atoms with Crippen molar-refractivity contribution in [3.63, 3.8) is 0 Å². The minimum Gasteiger partial charge on any atom is -0.494 e. The fraction of sp³-hybridized carbons (Fsp3) is 0.562. The molecule has 1 aromatic rings. The number of rotatable bonds is 5. The van der Waals surface area contributed by atoms with E-state index >= 15 is 0 Å². The predicted molar refractivity (Wildman–Crippen MR) is 80.9 cm³/mol. The molecule has 2 rings (SSSR count). The highest BCUT2D eigenvalue weighted by Gasteiger charge is 2.22. The third kappa shape index (κ3) is 4.16. The van der Waals surface area contributed by atoms with Crippen LogP contribution in [0.1, 0.15) is 26.2 Å². The number of halogens is 2. The molecule has 1 saturated heterocycles. The number of amides is 1. The summed E-state index contributed by atoms with van der Waals surface area (Å²) in [5.41, 5.74) is -0.155. The number of hydrogen-bond donors (Lipinski definition) is 2. The van der Waals surface area contributed by atoms with Crippen molar-refractivity contribution in [2.75, 3.05) is 25.5 Å². The lowest BCUT2D eigenvalue weighted by atomic mass is 9.85. The van der Waals surface area contributed by atoms with Crippen molar-refractivity contribution in [1.82, 2.24) is 5.32 Å². The highest BCUT2D eigenvalue weighted by Crippen LogP contribution is 2.26. The summed E-state index contributed by atoms with van der Waals surface area (Å²) in [7, 11) is 1.26. The van der Waals surface area contributed by atoms with Crippen molar-refractivity contribution in [2.24, 2.45) is 11.8 Å². The molecule has 0 bridgehead atoms. The average molecular weight is 312 g/mol. The smallest absolute Gasteiger partial charge is 0.224 e. The van der Waals surface area contributed by atoms with Crippen LogP contribution in [0.5, 0.6) is 5.75 Å². The highest BCUT2D eigenvalue weighted by molar-refractivity contribution is 5.91. The minimum absolute atomic E-state index is 0.155. The molecule has 4 nitrogen and oxygen atoms in total. The quantitative estimate of drug-likeness (QED) is 0.879. The molecule has 6 heteroatoms. The first-order valence-corrected chi connectivity index (χ1v) is 7.55. The molecule has 0 saturated carbocycles. The zero-order chi connectivity index (χ0) is 16.1. The summed E-state index contributed by atoms with van der Waals surface area (Å²) in [6.07, 6.45) is 2.49. The van der Waals surface area contributed by atoms with E-state index in [0.29, 0.717) is 12.3 Å². The predicted octanol–water partition coefficient (Wildman–Crippen LogP) is 2.94. The number of nitrogens with one attached hydrogen (secondary N) is 2. The maximum absolute atomic E-state index is 13.8. The molecule has 2 N–H and O–H groups in total. The second-order valence-corrected chi connectivity index (χ2v) is 5.80. The molecule has 1 fully saturated rings. The van der Waals surface area contributed by atoms with Gasteiger partial charge in [-0.1, -0.05) is 6.92 Å². The van der Waals surface area contributed by atoms with Gasteiger partial charge in [-0.05, 0) is 37.8 Å². The van der Waals surface area contributed by atoms with Gasteiger partial charge in [0.2, 0.25) is 5.91 Å². The van der Waals surface area contributed by atoms with Gasteiger partial charge in [-0.25, -0.2) is 8.78 Å². The first kappa shape index (κ1) is 16.7. The average Bonchev–Trinajstić information content (AvgIpc) is 2.51. The molecule has 1 aliphatic rings. The summed E-state index contributed by atoms with van der Waals surface area (Å²) in [4.78, 5) is 12.0. The van der Waals surface area contributed by atoms with Crippen LogP contribution in [0.4, 0.5) is 14.5 Å². The Morgan fingerprint density at radius 2 is 2.23 bits per heavy atom. The lowest BCUT2D eigenvalue weighted by molar-refractivity contribution is -0.117. The topological polar surface area (TPSA) is 50.4 Å². The van der Waals surface area contributed by atoms with E-state index in [2.05, 4.69) is 10.6 Å². The van der Waals surface area contributed by atoms with Crippen molar-refractivity contribution < 1.29 is 18.3 Å². The second kappa shape index (κ2) is 7.54. The van der Waals surface area contributed by atoms with E-state index < -0.39 is 11.6 Å². The number of piperidine rings is 1. The molecule has 0 spiro atoms. The van der Waals surface area contributed by atoms with Crippen LogP contribution in [0.3, 0.4) is 0 Å². The number of carbonyl (C=O) groups excluding carboxylic acids is 1. The number of anilines is 1. The Bertz CT molecular complexity index is 531. The van der Waals surface area contributed by atoms with Crippen molar-refractivity contribution in [3.05, 3.63) is 23.8 Å². The lowest BCUT2D eigenvalue weighted by Gasteiger charge is -2.28. The van der Waals surface area contributed by atoms with Crippen molar-refractivity contribution in [2.45, 2.75) is 26.2 Å². The van der Waals surface area contributed by atoms with Gasteiger partial charge in [0, 0.05) is 18.6 Å². The zero-order valence-corrected chi connectivity index (χ0v) is 12.9. The van der Waals surface area contributed by atoms with Gasteiger partial charge in [-0.3, -0.25) is 4.79 Å². The Morgan fingerprint density at radius 1 is 1.45 bits per heavy atom. The fourth-order valence-corrected chi connectivity index (χ4v) is 2.81. The van der Waals surface area contributed by atoms with Gasteiger partial charge < -0.3 is 15.4 Å². The molecule has 0 radical (unpaired) electrons. The number of methoxy groups -OCH3 is 1. The van der Waals surface area contributed by atoms with Gasteiger partial charge in [0.25, 0.3) is 0 Å². The van der Waals surface area contributed by atoms with Gasteiger partial charge in [0.15, 0.2) is 17.4 Å². The number of ether oxygens (including phenoxy) is 1. The molecule has 2 atom stereocenters. The molecule has 0 aliphatic carbocycles. The molecule has 2 unspecified atom stereocenters. The summed E-state index contributed by atoms with van der Waals surface area (Å²) in [5, 5.41) is 5.76. The van der Waals surface area contributed by atoms with Gasteiger partial charge in [-0.15, -0.1) is 0 Å². The second-order valence-electron chi connectivity index (χ2n) is 5.80. The SMILES string of the molecule is COc1cc(F)c(NC(=O)CC(C)C2CCCNC2)cc1F.